The second-order valence-electron chi connectivity index (χ2n) is 5.64. The standard InChI is InChI=1S/C15H16N4OS/c20-14(18-12-6-10-3-4-11(12)17-10)13-8-21-15(19-13)9-2-1-5-16-7-9/h1-2,5,7-8,10-12,17H,3-4,6H2,(H,18,20)/t10-,11+,12-/m1/s1. The molecule has 2 aliphatic heterocycles. The highest BCUT2D eigenvalue weighted by Gasteiger charge is 2.39. The molecule has 0 aromatic carbocycles. The first-order valence-electron chi connectivity index (χ1n) is 7.22. The molecule has 0 unspecified atom stereocenters. The van der Waals surface area contributed by atoms with Crippen molar-refractivity contribution in [2.75, 3.05) is 0 Å². The molecule has 2 aromatic heterocycles. The molecular weight excluding hydrogens is 284 g/mol. The molecule has 21 heavy (non-hydrogen) atoms. The van der Waals surface area contributed by atoms with E-state index in [1.165, 1.54) is 17.8 Å². The summed E-state index contributed by atoms with van der Waals surface area (Å²) in [6, 6.07) is 5.10. The number of nitrogens with zero attached hydrogens (tertiary/aromatic N) is 2. The molecule has 2 fully saturated rings. The molecule has 2 aliphatic rings. The Kier molecular flexibility index (Phi) is 3.20. The van der Waals surface area contributed by atoms with Gasteiger partial charge in [-0.2, -0.15) is 0 Å². The molecule has 2 saturated heterocycles. The summed E-state index contributed by atoms with van der Waals surface area (Å²) >= 11 is 1.48. The third-order valence-electron chi connectivity index (χ3n) is 4.26. The van der Waals surface area contributed by atoms with Crippen molar-refractivity contribution in [2.24, 2.45) is 0 Å². The van der Waals surface area contributed by atoms with Crippen LogP contribution in [0.2, 0.25) is 0 Å². The van der Waals surface area contributed by atoms with Crippen molar-refractivity contribution in [3.05, 3.63) is 35.6 Å². The Morgan fingerprint density at radius 3 is 3.10 bits per heavy atom. The zero-order valence-corrected chi connectivity index (χ0v) is 12.3. The number of thiazole rings is 1. The summed E-state index contributed by atoms with van der Waals surface area (Å²) in [7, 11) is 0. The first-order valence-corrected chi connectivity index (χ1v) is 8.10. The fraction of sp³-hybridized carbons (Fsp3) is 0.400. The maximum atomic E-state index is 12.3. The molecule has 6 heteroatoms. The summed E-state index contributed by atoms with van der Waals surface area (Å²) in [6.45, 7) is 0. The van der Waals surface area contributed by atoms with E-state index in [-0.39, 0.29) is 11.9 Å². The second-order valence-corrected chi connectivity index (χ2v) is 6.50. The molecule has 0 spiro atoms. The maximum absolute atomic E-state index is 12.3. The molecule has 2 bridgehead atoms. The molecular formula is C15H16N4OS. The molecule has 2 N–H and O–H groups in total. The fourth-order valence-corrected chi connectivity index (χ4v) is 4.02. The molecule has 4 rings (SSSR count). The first-order chi connectivity index (χ1) is 10.3. The smallest absolute Gasteiger partial charge is 0.271 e. The molecule has 0 aliphatic carbocycles. The number of pyridine rings is 1. The van der Waals surface area contributed by atoms with Gasteiger partial charge in [0.15, 0.2) is 0 Å². The number of carbonyl (C=O) groups is 1. The number of carbonyl (C=O) groups excluding carboxylic acids is 1. The van der Waals surface area contributed by atoms with Crippen molar-refractivity contribution in [1.29, 1.82) is 0 Å². The van der Waals surface area contributed by atoms with Crippen LogP contribution >= 0.6 is 11.3 Å². The summed E-state index contributed by atoms with van der Waals surface area (Å²) < 4.78 is 0. The second kappa shape index (κ2) is 5.20. The van der Waals surface area contributed by atoms with E-state index in [0.29, 0.717) is 17.8 Å². The molecule has 108 valence electrons. The minimum atomic E-state index is -0.0688. The summed E-state index contributed by atoms with van der Waals surface area (Å²) in [5.41, 5.74) is 1.45. The Bertz CT molecular complexity index is 657. The summed E-state index contributed by atoms with van der Waals surface area (Å²) in [4.78, 5) is 20.8. The van der Waals surface area contributed by atoms with E-state index in [4.69, 9.17) is 0 Å². The van der Waals surface area contributed by atoms with Crippen LogP contribution in [0.4, 0.5) is 0 Å². The number of nitrogens with one attached hydrogen (secondary N) is 2. The highest BCUT2D eigenvalue weighted by Crippen LogP contribution is 2.28. The van der Waals surface area contributed by atoms with Gasteiger partial charge in [0.1, 0.15) is 10.7 Å². The quantitative estimate of drug-likeness (QED) is 0.907. The van der Waals surface area contributed by atoms with Crippen LogP contribution < -0.4 is 10.6 Å². The van der Waals surface area contributed by atoms with Crippen molar-refractivity contribution in [1.82, 2.24) is 20.6 Å². The molecule has 4 heterocycles. The van der Waals surface area contributed by atoms with Gasteiger partial charge in [0.2, 0.25) is 0 Å². The lowest BCUT2D eigenvalue weighted by Crippen LogP contribution is -2.43. The SMILES string of the molecule is O=C(N[C@@H]1C[C@H]2CC[C@@H]1N2)c1csc(-c2cccnc2)n1. The molecule has 0 saturated carbocycles. The van der Waals surface area contributed by atoms with Crippen LogP contribution in [0.15, 0.2) is 29.9 Å². The monoisotopic (exact) mass is 300 g/mol. The van der Waals surface area contributed by atoms with Gasteiger partial charge in [-0.3, -0.25) is 9.78 Å². The van der Waals surface area contributed by atoms with Crippen LogP contribution in [0.3, 0.4) is 0 Å². The summed E-state index contributed by atoms with van der Waals surface area (Å²) in [6.07, 6.45) is 6.93. The predicted molar refractivity (Wildman–Crippen MR) is 81.2 cm³/mol. The van der Waals surface area contributed by atoms with Gasteiger partial charge in [-0.1, -0.05) is 0 Å². The lowest BCUT2D eigenvalue weighted by Gasteiger charge is -2.20. The zero-order chi connectivity index (χ0) is 14.2. The molecule has 3 atom stereocenters. The van der Waals surface area contributed by atoms with Crippen LogP contribution in [0.5, 0.6) is 0 Å². The van der Waals surface area contributed by atoms with E-state index in [9.17, 15) is 4.79 Å². The number of aromatic nitrogens is 2. The van der Waals surface area contributed by atoms with E-state index in [2.05, 4.69) is 20.6 Å². The van der Waals surface area contributed by atoms with E-state index < -0.39 is 0 Å². The average molecular weight is 300 g/mol. The predicted octanol–water partition coefficient (Wildman–Crippen LogP) is 1.83. The van der Waals surface area contributed by atoms with Gasteiger partial charge >= 0.3 is 0 Å². The number of hydrogen-bond donors (Lipinski definition) is 2. The zero-order valence-electron chi connectivity index (χ0n) is 11.5. The van der Waals surface area contributed by atoms with Gasteiger partial charge in [0, 0.05) is 41.5 Å². The van der Waals surface area contributed by atoms with E-state index in [1.807, 2.05) is 17.5 Å². The minimum absolute atomic E-state index is 0.0688. The maximum Gasteiger partial charge on any atom is 0.271 e. The highest BCUT2D eigenvalue weighted by molar-refractivity contribution is 7.13. The van der Waals surface area contributed by atoms with Crippen LogP contribution in [0, 0.1) is 0 Å². The van der Waals surface area contributed by atoms with Crippen LogP contribution in [-0.4, -0.2) is 34.0 Å². The normalized spacial score (nSPS) is 27.0. The third kappa shape index (κ3) is 2.45. The lowest BCUT2D eigenvalue weighted by molar-refractivity contribution is 0.0926. The highest BCUT2D eigenvalue weighted by atomic mass is 32.1. The average Bonchev–Trinajstić information content (AvgIpc) is 3.24. The van der Waals surface area contributed by atoms with E-state index >= 15 is 0 Å². The Balaban J connectivity index is 1.47. The van der Waals surface area contributed by atoms with Crippen molar-refractivity contribution < 1.29 is 4.79 Å². The molecule has 5 nitrogen and oxygen atoms in total. The first kappa shape index (κ1) is 12.9. The van der Waals surface area contributed by atoms with Gasteiger partial charge in [-0.05, 0) is 31.4 Å². The Morgan fingerprint density at radius 1 is 1.43 bits per heavy atom. The number of rotatable bonds is 3. The molecule has 1 amide bonds. The Morgan fingerprint density at radius 2 is 2.38 bits per heavy atom. The number of fused-ring (bicyclic) bond motifs is 2. The van der Waals surface area contributed by atoms with Crippen LogP contribution in [-0.2, 0) is 0 Å². The fourth-order valence-electron chi connectivity index (χ4n) is 3.23. The molecule has 2 aromatic rings. The van der Waals surface area contributed by atoms with Crippen molar-refractivity contribution >= 4 is 17.2 Å². The van der Waals surface area contributed by atoms with Gasteiger partial charge in [-0.25, -0.2) is 4.98 Å². The van der Waals surface area contributed by atoms with Gasteiger partial charge < -0.3 is 10.6 Å². The largest absolute Gasteiger partial charge is 0.346 e. The van der Waals surface area contributed by atoms with Crippen molar-refractivity contribution in [3.8, 4) is 10.6 Å². The van der Waals surface area contributed by atoms with E-state index in [1.54, 1.807) is 12.4 Å². The van der Waals surface area contributed by atoms with Crippen LogP contribution in [0.1, 0.15) is 29.8 Å². The minimum Gasteiger partial charge on any atom is -0.346 e. The van der Waals surface area contributed by atoms with Gasteiger partial charge in [0.05, 0.1) is 0 Å². The Labute approximate surface area is 126 Å². The Hall–Kier alpha value is -1.79. The third-order valence-corrected chi connectivity index (χ3v) is 5.15. The lowest BCUT2D eigenvalue weighted by atomic mass is 9.95. The van der Waals surface area contributed by atoms with Gasteiger partial charge in [0.25, 0.3) is 5.91 Å². The van der Waals surface area contributed by atoms with E-state index in [0.717, 1.165) is 23.4 Å². The van der Waals surface area contributed by atoms with Crippen molar-refractivity contribution in [2.45, 2.75) is 37.4 Å². The summed E-state index contributed by atoms with van der Waals surface area (Å²) in [5.74, 6) is -0.0688. The van der Waals surface area contributed by atoms with Crippen molar-refractivity contribution in [3.63, 3.8) is 0 Å². The molecule has 0 radical (unpaired) electrons. The number of amides is 1. The van der Waals surface area contributed by atoms with Crippen LogP contribution in [0.25, 0.3) is 10.6 Å². The summed E-state index contributed by atoms with van der Waals surface area (Å²) in [5, 5.41) is 9.29. The number of hydrogen-bond acceptors (Lipinski definition) is 5. The van der Waals surface area contributed by atoms with Gasteiger partial charge in [-0.15, -0.1) is 11.3 Å². The topological polar surface area (TPSA) is 66.9 Å².